The molecule has 3 aromatic carbocycles. The van der Waals surface area contributed by atoms with Gasteiger partial charge in [-0.3, -0.25) is 15.4 Å². The van der Waals surface area contributed by atoms with Gasteiger partial charge in [0, 0.05) is 37.3 Å². The zero-order valence-corrected chi connectivity index (χ0v) is 26.2. The number of nitrogens with zero attached hydrogens (tertiary/aromatic N) is 3. The Kier molecular flexibility index (Phi) is 13.7. The third kappa shape index (κ3) is 11.4. The number of nitro groups is 1. The lowest BCUT2D eigenvalue weighted by atomic mass is 10.0. The maximum Gasteiger partial charge on any atom is 0.411 e. The van der Waals surface area contributed by atoms with Gasteiger partial charge in [-0.1, -0.05) is 92.8 Å². The van der Waals surface area contributed by atoms with E-state index >= 15 is 0 Å². The number of likely N-dealkylation sites (N-methyl/N-ethyl adjacent to an activating group) is 1. The number of amides is 1. The predicted molar refractivity (Wildman–Crippen MR) is 178 cm³/mol. The highest BCUT2D eigenvalue weighted by Crippen LogP contribution is 2.28. The highest BCUT2D eigenvalue weighted by atomic mass is 16.6. The van der Waals surface area contributed by atoms with Crippen molar-refractivity contribution in [1.82, 2.24) is 9.80 Å². The molecule has 1 aliphatic rings. The van der Waals surface area contributed by atoms with Crippen molar-refractivity contribution in [1.29, 1.82) is 0 Å². The number of nitro benzene ring substituents is 1. The third-order valence-corrected chi connectivity index (χ3v) is 8.50. The monoisotopic (exact) mass is 600 g/mol. The van der Waals surface area contributed by atoms with Crippen LogP contribution in [0.2, 0.25) is 0 Å². The minimum Gasteiger partial charge on any atom is -0.446 e. The van der Waals surface area contributed by atoms with Crippen molar-refractivity contribution in [2.75, 3.05) is 45.1 Å². The van der Waals surface area contributed by atoms with Crippen molar-refractivity contribution in [2.45, 2.75) is 70.3 Å². The number of ether oxygens (including phenoxy) is 1. The minimum atomic E-state index is -0.374. The summed E-state index contributed by atoms with van der Waals surface area (Å²) < 4.78 is 5.78. The van der Waals surface area contributed by atoms with Crippen LogP contribution in [0.15, 0.2) is 78.9 Å². The molecule has 236 valence electrons. The van der Waals surface area contributed by atoms with E-state index in [9.17, 15) is 14.9 Å². The Morgan fingerprint density at radius 2 is 1.50 bits per heavy atom. The van der Waals surface area contributed by atoms with Gasteiger partial charge >= 0.3 is 6.09 Å². The second kappa shape index (κ2) is 18.1. The summed E-state index contributed by atoms with van der Waals surface area (Å²) in [5.41, 5.74) is 4.11. The Bertz CT molecular complexity index is 1280. The van der Waals surface area contributed by atoms with Crippen LogP contribution < -0.4 is 5.32 Å². The number of carbonyl (C=O) groups excluding carboxylic acids is 1. The molecule has 0 aliphatic carbocycles. The number of anilines is 1. The van der Waals surface area contributed by atoms with Crippen molar-refractivity contribution in [3.63, 3.8) is 0 Å². The van der Waals surface area contributed by atoms with E-state index in [1.807, 2.05) is 66.7 Å². The van der Waals surface area contributed by atoms with Gasteiger partial charge in [0.05, 0.1) is 10.6 Å². The molecule has 1 heterocycles. The number of carbonyl (C=O) groups is 1. The van der Waals surface area contributed by atoms with Crippen molar-refractivity contribution in [2.24, 2.45) is 0 Å². The summed E-state index contributed by atoms with van der Waals surface area (Å²) in [4.78, 5) is 28.0. The number of benzene rings is 3. The third-order valence-electron chi connectivity index (χ3n) is 8.50. The molecular formula is C36H48N4O4. The van der Waals surface area contributed by atoms with Crippen LogP contribution in [0.25, 0.3) is 11.1 Å². The summed E-state index contributed by atoms with van der Waals surface area (Å²) >= 11 is 0. The summed E-state index contributed by atoms with van der Waals surface area (Å²) in [6.45, 7) is 5.16. The van der Waals surface area contributed by atoms with Crippen molar-refractivity contribution < 1.29 is 14.5 Å². The lowest BCUT2D eigenvalue weighted by Crippen LogP contribution is -2.38. The molecule has 4 rings (SSSR count). The van der Waals surface area contributed by atoms with E-state index in [0.29, 0.717) is 0 Å². The van der Waals surface area contributed by atoms with E-state index in [1.54, 1.807) is 12.1 Å². The number of non-ortho nitro benzene ring substituents is 1. The fraction of sp³-hybridized carbons (Fsp3) is 0.472. The minimum absolute atomic E-state index is 0.0310. The van der Waals surface area contributed by atoms with Crippen LogP contribution in [0.4, 0.5) is 16.2 Å². The largest absolute Gasteiger partial charge is 0.446 e. The van der Waals surface area contributed by atoms with Crippen LogP contribution in [0.3, 0.4) is 0 Å². The molecule has 0 spiro atoms. The molecule has 0 radical (unpaired) electrons. The second-order valence-electron chi connectivity index (χ2n) is 11.9. The first-order valence-electron chi connectivity index (χ1n) is 16.2. The molecule has 8 nitrogen and oxygen atoms in total. The zero-order valence-electron chi connectivity index (χ0n) is 26.2. The van der Waals surface area contributed by atoms with Crippen LogP contribution in [0.1, 0.15) is 63.4 Å². The maximum absolute atomic E-state index is 12.7. The van der Waals surface area contributed by atoms with Crippen molar-refractivity contribution in [3.05, 3.63) is 94.5 Å². The standard InChI is InChI=1S/C36H48N4O4/c1-38(27-22-30-18-20-32(21-19-30)40(42)43)25-12-5-3-2-4-6-13-26-39-28-23-33(24-29-39)44-36(41)37-35-17-11-10-16-34(35)31-14-8-7-9-15-31/h7-11,14-21,33H,2-6,12-13,22-29H2,1H3,(H,37,41). The number of nitrogens with one attached hydrogen (secondary N) is 1. The molecule has 8 heteroatoms. The molecule has 1 N–H and O–H groups in total. The van der Waals surface area contributed by atoms with Gasteiger partial charge in [0.15, 0.2) is 0 Å². The van der Waals surface area contributed by atoms with Crippen molar-refractivity contribution in [3.8, 4) is 11.1 Å². The van der Waals surface area contributed by atoms with E-state index in [0.717, 1.165) is 74.4 Å². The second-order valence-corrected chi connectivity index (χ2v) is 11.9. The first-order valence-corrected chi connectivity index (χ1v) is 16.2. The fourth-order valence-corrected chi connectivity index (χ4v) is 5.82. The summed E-state index contributed by atoms with van der Waals surface area (Å²) in [7, 11) is 2.15. The quantitative estimate of drug-likeness (QED) is 0.0955. The highest BCUT2D eigenvalue weighted by Gasteiger charge is 2.22. The Hall–Kier alpha value is -3.75. The molecular weight excluding hydrogens is 552 g/mol. The molecule has 1 amide bonds. The lowest BCUT2D eigenvalue weighted by molar-refractivity contribution is -0.384. The van der Waals surface area contributed by atoms with E-state index in [-0.39, 0.29) is 22.8 Å². The van der Waals surface area contributed by atoms with E-state index in [1.165, 1.54) is 44.9 Å². The van der Waals surface area contributed by atoms with E-state index < -0.39 is 0 Å². The molecule has 0 bridgehead atoms. The Balaban J connectivity index is 0.986. The molecule has 1 aliphatic heterocycles. The predicted octanol–water partition coefficient (Wildman–Crippen LogP) is 8.18. The van der Waals surface area contributed by atoms with Crippen LogP contribution in [0, 0.1) is 10.1 Å². The Morgan fingerprint density at radius 3 is 2.20 bits per heavy atom. The highest BCUT2D eigenvalue weighted by molar-refractivity contribution is 5.91. The molecule has 3 aromatic rings. The van der Waals surface area contributed by atoms with Gasteiger partial charge in [0.25, 0.3) is 5.69 Å². The fourth-order valence-electron chi connectivity index (χ4n) is 5.82. The van der Waals surface area contributed by atoms with E-state index in [4.69, 9.17) is 4.74 Å². The lowest BCUT2D eigenvalue weighted by Gasteiger charge is -2.31. The van der Waals surface area contributed by atoms with Crippen LogP contribution in [-0.2, 0) is 11.2 Å². The van der Waals surface area contributed by atoms with Crippen molar-refractivity contribution >= 4 is 17.5 Å². The number of hydrogen-bond acceptors (Lipinski definition) is 6. The van der Waals surface area contributed by atoms with Gasteiger partial charge in [-0.15, -0.1) is 0 Å². The summed E-state index contributed by atoms with van der Waals surface area (Å²) in [5.74, 6) is 0. The molecule has 1 fully saturated rings. The number of unbranched alkanes of at least 4 members (excludes halogenated alkanes) is 6. The average molecular weight is 601 g/mol. The summed E-state index contributed by atoms with van der Waals surface area (Å²) in [5, 5.41) is 13.7. The Morgan fingerprint density at radius 1 is 0.864 bits per heavy atom. The van der Waals surface area contributed by atoms with Crippen LogP contribution >= 0.6 is 0 Å². The molecule has 0 aromatic heterocycles. The first kappa shape index (κ1) is 33.1. The number of piperidine rings is 1. The number of rotatable bonds is 17. The number of likely N-dealkylation sites (tertiary alicyclic amines) is 1. The normalized spacial score (nSPS) is 14.0. The maximum atomic E-state index is 12.7. The SMILES string of the molecule is CN(CCCCCCCCCN1CCC(OC(=O)Nc2ccccc2-c2ccccc2)CC1)CCc1ccc([N+](=O)[O-])cc1. The Labute approximate surface area is 262 Å². The van der Waals surface area contributed by atoms with Crippen LogP contribution in [0.5, 0.6) is 0 Å². The molecule has 0 atom stereocenters. The van der Waals surface area contributed by atoms with Gasteiger partial charge < -0.3 is 14.5 Å². The molecule has 44 heavy (non-hydrogen) atoms. The topological polar surface area (TPSA) is 88.0 Å². The number of para-hydroxylation sites is 1. The van der Waals surface area contributed by atoms with Gasteiger partial charge in [0.2, 0.25) is 0 Å². The van der Waals surface area contributed by atoms with Gasteiger partial charge in [-0.25, -0.2) is 4.79 Å². The molecule has 0 saturated carbocycles. The first-order chi connectivity index (χ1) is 21.5. The number of hydrogen-bond donors (Lipinski definition) is 1. The molecule has 1 saturated heterocycles. The van der Waals surface area contributed by atoms with E-state index in [2.05, 4.69) is 22.2 Å². The average Bonchev–Trinajstić information content (AvgIpc) is 3.04. The van der Waals surface area contributed by atoms with Crippen LogP contribution in [-0.4, -0.2) is 66.7 Å². The molecule has 0 unspecified atom stereocenters. The van der Waals surface area contributed by atoms with Gasteiger partial charge in [-0.2, -0.15) is 0 Å². The smallest absolute Gasteiger partial charge is 0.411 e. The van der Waals surface area contributed by atoms with Gasteiger partial charge in [-0.05, 0) is 69.4 Å². The zero-order chi connectivity index (χ0) is 31.0. The summed E-state index contributed by atoms with van der Waals surface area (Å²) in [6, 6.07) is 24.8. The summed E-state index contributed by atoms with van der Waals surface area (Å²) in [6.07, 6.45) is 11.1. The van der Waals surface area contributed by atoms with Gasteiger partial charge in [0.1, 0.15) is 6.10 Å².